The Kier molecular flexibility index (Phi) is 5.68. The molecule has 7 heteroatoms. The number of methoxy groups -OCH3 is 1. The average molecular weight is 402 g/mol. The molecule has 3 rings (SSSR count). The van der Waals surface area contributed by atoms with Crippen LogP contribution in [0.2, 0.25) is 5.02 Å². The van der Waals surface area contributed by atoms with Gasteiger partial charge in [0.15, 0.2) is 5.11 Å². The zero-order valence-corrected chi connectivity index (χ0v) is 16.8. The van der Waals surface area contributed by atoms with E-state index in [2.05, 4.69) is 16.0 Å². The minimum atomic E-state index is -0.371. The maximum atomic E-state index is 13.1. The summed E-state index contributed by atoms with van der Waals surface area (Å²) < 4.78 is 5.21. The Labute approximate surface area is 168 Å². The lowest BCUT2D eigenvalue weighted by molar-refractivity contribution is -0.113. The van der Waals surface area contributed by atoms with Crippen molar-refractivity contribution in [3.8, 4) is 5.75 Å². The van der Waals surface area contributed by atoms with Gasteiger partial charge in [0.2, 0.25) is 0 Å². The smallest absolute Gasteiger partial charge is 0.255 e. The fourth-order valence-corrected chi connectivity index (χ4v) is 3.42. The van der Waals surface area contributed by atoms with E-state index >= 15 is 0 Å². The molecule has 3 N–H and O–H groups in total. The molecule has 0 radical (unpaired) electrons. The molecule has 1 aliphatic rings. The molecule has 1 atom stereocenters. The maximum Gasteiger partial charge on any atom is 0.255 e. The van der Waals surface area contributed by atoms with Crippen molar-refractivity contribution in [2.24, 2.45) is 0 Å². The Morgan fingerprint density at radius 2 is 1.89 bits per heavy atom. The first-order valence-corrected chi connectivity index (χ1v) is 9.18. The molecule has 1 heterocycles. The highest BCUT2D eigenvalue weighted by molar-refractivity contribution is 7.80. The molecular weight excluding hydrogens is 382 g/mol. The first-order valence-electron chi connectivity index (χ1n) is 8.39. The largest absolute Gasteiger partial charge is 0.497 e. The average Bonchev–Trinajstić information content (AvgIpc) is 2.64. The number of halogens is 1. The number of thiocarbonyl (C=S) groups is 1. The van der Waals surface area contributed by atoms with Gasteiger partial charge in [-0.3, -0.25) is 4.79 Å². The van der Waals surface area contributed by atoms with Crippen LogP contribution in [0.1, 0.15) is 24.1 Å². The predicted molar refractivity (Wildman–Crippen MR) is 112 cm³/mol. The highest BCUT2D eigenvalue weighted by Crippen LogP contribution is 2.30. The number of ether oxygens (including phenoxy) is 1. The summed E-state index contributed by atoms with van der Waals surface area (Å²) in [6.45, 7) is 3.70. The molecule has 0 saturated heterocycles. The van der Waals surface area contributed by atoms with Gasteiger partial charge in [-0.15, -0.1) is 0 Å². The Morgan fingerprint density at radius 1 is 1.19 bits per heavy atom. The summed E-state index contributed by atoms with van der Waals surface area (Å²) in [5.74, 6) is 0.526. The van der Waals surface area contributed by atoms with Gasteiger partial charge in [-0.05, 0) is 61.5 Å². The van der Waals surface area contributed by atoms with E-state index in [-0.39, 0.29) is 11.9 Å². The van der Waals surface area contributed by atoms with E-state index in [0.717, 1.165) is 16.9 Å². The van der Waals surface area contributed by atoms with Crippen LogP contribution in [0, 0.1) is 6.92 Å². The van der Waals surface area contributed by atoms with Crippen LogP contribution in [-0.4, -0.2) is 18.1 Å². The van der Waals surface area contributed by atoms with Gasteiger partial charge in [-0.2, -0.15) is 0 Å². The van der Waals surface area contributed by atoms with Crippen LogP contribution in [0.4, 0.5) is 5.69 Å². The summed E-state index contributed by atoms with van der Waals surface area (Å²) in [4.78, 5) is 13.1. The van der Waals surface area contributed by atoms with Crippen molar-refractivity contribution in [3.63, 3.8) is 0 Å². The van der Waals surface area contributed by atoms with Crippen molar-refractivity contribution < 1.29 is 9.53 Å². The topological polar surface area (TPSA) is 62.4 Å². The van der Waals surface area contributed by atoms with E-state index in [0.29, 0.717) is 27.1 Å². The van der Waals surface area contributed by atoms with Crippen LogP contribution < -0.4 is 20.7 Å². The number of allylic oxidation sites excluding steroid dienone is 1. The standard InChI is InChI=1S/C20H20ClN3O2S/c1-11-15(21)5-4-6-16(11)23-19(25)17-12(2)22-20(27)24-18(17)13-7-9-14(26-3)10-8-13/h4-10,18H,1-3H3,(H,23,25)(H2,22,24,27). The summed E-state index contributed by atoms with van der Waals surface area (Å²) in [5.41, 5.74) is 3.67. The highest BCUT2D eigenvalue weighted by Gasteiger charge is 2.30. The molecule has 1 unspecified atom stereocenters. The molecule has 0 saturated carbocycles. The first-order chi connectivity index (χ1) is 12.9. The quantitative estimate of drug-likeness (QED) is 0.673. The van der Waals surface area contributed by atoms with Gasteiger partial charge in [-0.1, -0.05) is 29.8 Å². The summed E-state index contributed by atoms with van der Waals surface area (Å²) in [5, 5.41) is 10.2. The van der Waals surface area contributed by atoms with E-state index in [1.807, 2.05) is 44.2 Å². The number of anilines is 1. The van der Waals surface area contributed by atoms with Gasteiger partial charge in [0.25, 0.3) is 5.91 Å². The third kappa shape index (κ3) is 4.07. The normalized spacial score (nSPS) is 16.4. The molecule has 27 heavy (non-hydrogen) atoms. The van der Waals surface area contributed by atoms with Crippen molar-refractivity contribution in [1.82, 2.24) is 10.6 Å². The first kappa shape index (κ1) is 19.2. The van der Waals surface area contributed by atoms with E-state index < -0.39 is 0 Å². The number of carbonyl (C=O) groups is 1. The fraction of sp³-hybridized carbons (Fsp3) is 0.200. The lowest BCUT2D eigenvalue weighted by atomic mass is 9.94. The zero-order chi connectivity index (χ0) is 19.6. The number of carbonyl (C=O) groups excluding carboxylic acids is 1. The van der Waals surface area contributed by atoms with Crippen LogP contribution in [0.5, 0.6) is 5.75 Å². The Morgan fingerprint density at radius 3 is 2.56 bits per heavy atom. The second kappa shape index (κ2) is 7.98. The van der Waals surface area contributed by atoms with Gasteiger partial charge >= 0.3 is 0 Å². The molecule has 0 spiro atoms. The summed E-state index contributed by atoms with van der Waals surface area (Å²) in [6.07, 6.45) is 0. The zero-order valence-electron chi connectivity index (χ0n) is 15.2. The van der Waals surface area contributed by atoms with Crippen molar-refractivity contribution in [3.05, 3.63) is 69.9 Å². The SMILES string of the molecule is COc1ccc(C2NC(=S)NC(C)=C2C(=O)Nc2cccc(Cl)c2C)cc1. The molecule has 0 fully saturated rings. The minimum Gasteiger partial charge on any atom is -0.497 e. The second-order valence-corrected chi connectivity index (χ2v) is 7.03. The van der Waals surface area contributed by atoms with Gasteiger partial charge < -0.3 is 20.7 Å². The summed E-state index contributed by atoms with van der Waals surface area (Å²) >= 11 is 11.5. The summed E-state index contributed by atoms with van der Waals surface area (Å²) in [6, 6.07) is 12.6. The fourth-order valence-electron chi connectivity index (χ4n) is 2.97. The number of benzene rings is 2. The Balaban J connectivity index is 1.95. The number of hydrogen-bond donors (Lipinski definition) is 3. The highest BCUT2D eigenvalue weighted by atomic mass is 35.5. The molecule has 1 aliphatic heterocycles. The third-order valence-corrected chi connectivity index (χ3v) is 5.11. The van der Waals surface area contributed by atoms with Gasteiger partial charge in [0.1, 0.15) is 5.75 Å². The number of nitrogens with one attached hydrogen (secondary N) is 3. The minimum absolute atomic E-state index is 0.221. The number of hydrogen-bond acceptors (Lipinski definition) is 3. The van der Waals surface area contributed by atoms with Crippen LogP contribution in [0.15, 0.2) is 53.7 Å². The van der Waals surface area contributed by atoms with Crippen LogP contribution in [0.25, 0.3) is 0 Å². The molecule has 5 nitrogen and oxygen atoms in total. The predicted octanol–water partition coefficient (Wildman–Crippen LogP) is 4.09. The molecule has 0 aliphatic carbocycles. The van der Waals surface area contributed by atoms with Crippen LogP contribution in [0.3, 0.4) is 0 Å². The molecule has 140 valence electrons. The van der Waals surface area contributed by atoms with E-state index in [1.54, 1.807) is 19.2 Å². The van der Waals surface area contributed by atoms with E-state index in [9.17, 15) is 4.79 Å². The monoisotopic (exact) mass is 401 g/mol. The molecule has 0 bridgehead atoms. The van der Waals surface area contributed by atoms with Crippen molar-refractivity contribution >= 4 is 40.5 Å². The second-order valence-electron chi connectivity index (χ2n) is 6.21. The summed E-state index contributed by atoms with van der Waals surface area (Å²) in [7, 11) is 1.61. The molecule has 2 aromatic rings. The van der Waals surface area contributed by atoms with E-state index in [1.165, 1.54) is 0 Å². The Bertz CT molecular complexity index is 925. The molecular formula is C20H20ClN3O2S. The molecule has 1 amide bonds. The van der Waals surface area contributed by atoms with E-state index in [4.69, 9.17) is 28.6 Å². The molecule has 0 aromatic heterocycles. The number of rotatable bonds is 4. The Hall–Kier alpha value is -2.57. The third-order valence-electron chi connectivity index (χ3n) is 4.48. The number of amides is 1. The maximum absolute atomic E-state index is 13.1. The lowest BCUT2D eigenvalue weighted by Crippen LogP contribution is -2.45. The van der Waals surface area contributed by atoms with Crippen molar-refractivity contribution in [1.29, 1.82) is 0 Å². The van der Waals surface area contributed by atoms with Gasteiger partial charge in [0, 0.05) is 16.4 Å². The molecule has 2 aromatic carbocycles. The van der Waals surface area contributed by atoms with Gasteiger partial charge in [-0.25, -0.2) is 0 Å². The van der Waals surface area contributed by atoms with Crippen LogP contribution >= 0.6 is 23.8 Å². The van der Waals surface area contributed by atoms with Crippen LogP contribution in [-0.2, 0) is 4.79 Å². The lowest BCUT2D eigenvalue weighted by Gasteiger charge is -2.30. The van der Waals surface area contributed by atoms with Gasteiger partial charge in [0.05, 0.1) is 18.7 Å². The van der Waals surface area contributed by atoms with Crippen molar-refractivity contribution in [2.75, 3.05) is 12.4 Å². The van der Waals surface area contributed by atoms with Crippen molar-refractivity contribution in [2.45, 2.75) is 19.9 Å².